The largest absolute Gasteiger partial charge is 0.444 e. The van der Waals surface area contributed by atoms with Crippen LogP contribution in [0.4, 0.5) is 10.6 Å². The summed E-state index contributed by atoms with van der Waals surface area (Å²) in [5.74, 6) is 1.72. The predicted octanol–water partition coefficient (Wildman–Crippen LogP) is 3.61. The van der Waals surface area contributed by atoms with Gasteiger partial charge in [0.15, 0.2) is 0 Å². The lowest BCUT2D eigenvalue weighted by atomic mass is 9.96. The van der Waals surface area contributed by atoms with E-state index in [1.807, 2.05) is 37.9 Å². The minimum Gasteiger partial charge on any atom is -0.444 e. The SMILES string of the molecule is CC(C)(C)OC(=O)N1CCC(CN2CCN(c3cc(Br)ccn3)CC2)CC1. The van der Waals surface area contributed by atoms with E-state index >= 15 is 0 Å². The Balaban J connectivity index is 1.40. The molecule has 2 aliphatic rings. The van der Waals surface area contributed by atoms with Crippen molar-refractivity contribution in [1.29, 1.82) is 0 Å². The molecule has 3 heterocycles. The number of anilines is 1. The fourth-order valence-corrected chi connectivity index (χ4v) is 4.04. The molecule has 2 saturated heterocycles. The number of hydrogen-bond donors (Lipinski definition) is 0. The van der Waals surface area contributed by atoms with Gasteiger partial charge in [0.25, 0.3) is 0 Å². The zero-order chi connectivity index (χ0) is 19.4. The van der Waals surface area contributed by atoms with Crippen molar-refractivity contribution in [3.63, 3.8) is 0 Å². The van der Waals surface area contributed by atoms with E-state index in [4.69, 9.17) is 4.74 Å². The van der Waals surface area contributed by atoms with Gasteiger partial charge in [-0.25, -0.2) is 9.78 Å². The van der Waals surface area contributed by atoms with E-state index in [1.165, 1.54) is 0 Å². The number of rotatable bonds is 3. The number of ether oxygens (including phenoxy) is 1. The van der Waals surface area contributed by atoms with Gasteiger partial charge >= 0.3 is 6.09 Å². The van der Waals surface area contributed by atoms with Crippen LogP contribution >= 0.6 is 15.9 Å². The van der Waals surface area contributed by atoms with E-state index in [0.29, 0.717) is 5.92 Å². The number of pyridine rings is 1. The molecular weight excluding hydrogens is 408 g/mol. The zero-order valence-corrected chi connectivity index (χ0v) is 18.2. The molecule has 27 heavy (non-hydrogen) atoms. The number of piperidine rings is 1. The molecule has 6 nitrogen and oxygen atoms in total. The van der Waals surface area contributed by atoms with Crippen LogP contribution in [-0.4, -0.2) is 72.3 Å². The van der Waals surface area contributed by atoms with Crippen molar-refractivity contribution in [1.82, 2.24) is 14.8 Å². The molecule has 150 valence electrons. The highest BCUT2D eigenvalue weighted by atomic mass is 79.9. The first-order valence-corrected chi connectivity index (χ1v) is 10.7. The van der Waals surface area contributed by atoms with Crippen molar-refractivity contribution in [2.75, 3.05) is 50.7 Å². The van der Waals surface area contributed by atoms with Crippen molar-refractivity contribution in [2.24, 2.45) is 5.92 Å². The Hall–Kier alpha value is -1.34. The van der Waals surface area contributed by atoms with E-state index in [2.05, 4.69) is 36.8 Å². The molecule has 0 atom stereocenters. The Labute approximate surface area is 171 Å². The molecular formula is C20H31BrN4O2. The molecule has 1 aromatic heterocycles. The molecule has 1 amide bonds. The highest BCUT2D eigenvalue weighted by molar-refractivity contribution is 9.10. The fraction of sp³-hybridized carbons (Fsp3) is 0.700. The first kappa shape index (κ1) is 20.4. The normalized spacial score (nSPS) is 20.0. The molecule has 3 rings (SSSR count). The van der Waals surface area contributed by atoms with E-state index in [1.54, 1.807) is 0 Å². The van der Waals surface area contributed by atoms with Gasteiger partial charge in [-0.3, -0.25) is 4.90 Å². The van der Waals surface area contributed by atoms with E-state index < -0.39 is 5.60 Å². The Morgan fingerprint density at radius 3 is 2.44 bits per heavy atom. The summed E-state index contributed by atoms with van der Waals surface area (Å²) >= 11 is 3.52. The number of halogens is 1. The lowest BCUT2D eigenvalue weighted by molar-refractivity contribution is 0.0169. The summed E-state index contributed by atoms with van der Waals surface area (Å²) in [6.45, 7) is 12.7. The molecule has 0 radical (unpaired) electrons. The van der Waals surface area contributed by atoms with Crippen molar-refractivity contribution in [3.05, 3.63) is 22.8 Å². The van der Waals surface area contributed by atoms with Gasteiger partial charge in [-0.2, -0.15) is 0 Å². The summed E-state index contributed by atoms with van der Waals surface area (Å²) in [6.07, 6.45) is 3.81. The predicted molar refractivity (Wildman–Crippen MR) is 111 cm³/mol. The minimum atomic E-state index is -0.420. The van der Waals surface area contributed by atoms with Gasteiger partial charge in [-0.15, -0.1) is 0 Å². The molecule has 0 bridgehead atoms. The number of carbonyl (C=O) groups is 1. The van der Waals surface area contributed by atoms with Crippen LogP contribution in [0.5, 0.6) is 0 Å². The summed E-state index contributed by atoms with van der Waals surface area (Å²) in [5, 5.41) is 0. The average Bonchev–Trinajstić information content (AvgIpc) is 2.61. The van der Waals surface area contributed by atoms with Crippen molar-refractivity contribution in [2.45, 2.75) is 39.2 Å². The summed E-state index contributed by atoms with van der Waals surface area (Å²) in [5.41, 5.74) is -0.420. The molecule has 0 unspecified atom stereocenters. The van der Waals surface area contributed by atoms with Crippen LogP contribution in [0.15, 0.2) is 22.8 Å². The number of likely N-dealkylation sites (tertiary alicyclic amines) is 1. The molecule has 7 heteroatoms. The molecule has 0 aromatic carbocycles. The van der Waals surface area contributed by atoms with Crippen LogP contribution in [0.25, 0.3) is 0 Å². The third-order valence-electron chi connectivity index (χ3n) is 5.19. The third kappa shape index (κ3) is 6.07. The molecule has 0 N–H and O–H groups in total. The Morgan fingerprint density at radius 2 is 1.85 bits per heavy atom. The molecule has 0 aliphatic carbocycles. The maximum Gasteiger partial charge on any atom is 0.410 e. The minimum absolute atomic E-state index is 0.170. The van der Waals surface area contributed by atoms with E-state index in [-0.39, 0.29) is 6.09 Å². The van der Waals surface area contributed by atoms with E-state index in [9.17, 15) is 4.79 Å². The second-order valence-electron chi connectivity index (χ2n) is 8.53. The first-order chi connectivity index (χ1) is 12.8. The van der Waals surface area contributed by atoms with Crippen LogP contribution in [0, 0.1) is 5.92 Å². The molecule has 2 fully saturated rings. The van der Waals surface area contributed by atoms with Gasteiger partial charge in [-0.1, -0.05) is 15.9 Å². The van der Waals surface area contributed by atoms with Crippen molar-refractivity contribution >= 4 is 27.8 Å². The van der Waals surface area contributed by atoms with Gasteiger partial charge in [0, 0.05) is 56.5 Å². The Morgan fingerprint density at radius 1 is 1.19 bits per heavy atom. The number of hydrogen-bond acceptors (Lipinski definition) is 5. The zero-order valence-electron chi connectivity index (χ0n) is 16.7. The number of piperazine rings is 1. The smallest absolute Gasteiger partial charge is 0.410 e. The number of carbonyl (C=O) groups excluding carboxylic acids is 1. The first-order valence-electron chi connectivity index (χ1n) is 9.87. The molecule has 0 saturated carbocycles. The third-order valence-corrected chi connectivity index (χ3v) is 5.68. The summed E-state index contributed by atoms with van der Waals surface area (Å²) in [6, 6.07) is 4.05. The van der Waals surface area contributed by atoms with Crippen molar-refractivity contribution < 1.29 is 9.53 Å². The van der Waals surface area contributed by atoms with Gasteiger partial charge in [0.1, 0.15) is 11.4 Å². The van der Waals surface area contributed by atoms with Gasteiger partial charge in [0.05, 0.1) is 0 Å². The van der Waals surface area contributed by atoms with Crippen LogP contribution in [0.2, 0.25) is 0 Å². The number of aromatic nitrogens is 1. The summed E-state index contributed by atoms with van der Waals surface area (Å²) < 4.78 is 6.56. The van der Waals surface area contributed by atoms with Gasteiger partial charge in [0.2, 0.25) is 0 Å². The quantitative estimate of drug-likeness (QED) is 0.720. The van der Waals surface area contributed by atoms with Crippen LogP contribution < -0.4 is 4.90 Å². The lowest BCUT2D eigenvalue weighted by Gasteiger charge is -2.39. The Kier molecular flexibility index (Phi) is 6.63. The molecule has 1 aromatic rings. The second-order valence-corrected chi connectivity index (χ2v) is 9.45. The van der Waals surface area contributed by atoms with Gasteiger partial charge in [-0.05, 0) is 51.7 Å². The standard InChI is InChI=1S/C20H31BrN4O2/c1-20(2,3)27-19(26)25-8-5-16(6-9-25)15-23-10-12-24(13-11-23)18-14-17(21)4-7-22-18/h4,7,14,16H,5-6,8-13,15H2,1-3H3. The van der Waals surface area contributed by atoms with Crippen LogP contribution in [0.1, 0.15) is 33.6 Å². The lowest BCUT2D eigenvalue weighted by Crippen LogP contribution is -2.49. The monoisotopic (exact) mass is 438 g/mol. The topological polar surface area (TPSA) is 48.9 Å². The van der Waals surface area contributed by atoms with Crippen LogP contribution in [0.3, 0.4) is 0 Å². The maximum atomic E-state index is 12.2. The average molecular weight is 439 g/mol. The number of amides is 1. The molecule has 0 spiro atoms. The highest BCUT2D eigenvalue weighted by Gasteiger charge is 2.28. The maximum absolute atomic E-state index is 12.2. The van der Waals surface area contributed by atoms with Crippen LogP contribution in [-0.2, 0) is 4.74 Å². The second kappa shape index (κ2) is 8.78. The summed E-state index contributed by atoms with van der Waals surface area (Å²) in [7, 11) is 0. The highest BCUT2D eigenvalue weighted by Crippen LogP contribution is 2.22. The molecule has 2 aliphatic heterocycles. The summed E-state index contributed by atoms with van der Waals surface area (Å²) in [4.78, 5) is 23.4. The van der Waals surface area contributed by atoms with Crippen molar-refractivity contribution in [3.8, 4) is 0 Å². The number of nitrogens with zero attached hydrogens (tertiary/aromatic N) is 4. The van der Waals surface area contributed by atoms with E-state index in [0.717, 1.165) is 68.9 Å². The van der Waals surface area contributed by atoms with Gasteiger partial charge < -0.3 is 14.5 Å². The Bertz CT molecular complexity index is 633. The fourth-order valence-electron chi connectivity index (χ4n) is 3.72.